The van der Waals surface area contributed by atoms with Gasteiger partial charge >= 0.3 is 0 Å². The predicted molar refractivity (Wildman–Crippen MR) is 91.5 cm³/mol. The maximum atomic E-state index is 10.6. The maximum absolute atomic E-state index is 10.6. The van der Waals surface area contributed by atoms with Crippen molar-refractivity contribution in [3.63, 3.8) is 0 Å². The summed E-state index contributed by atoms with van der Waals surface area (Å²) in [6.07, 6.45) is 4.83. The van der Waals surface area contributed by atoms with Crippen molar-refractivity contribution in [1.29, 1.82) is 0 Å². The van der Waals surface area contributed by atoms with E-state index in [9.17, 15) is 4.79 Å². The molecule has 116 valence electrons. The number of thiophene rings is 1. The van der Waals surface area contributed by atoms with E-state index in [1.807, 2.05) is 53.5 Å². The summed E-state index contributed by atoms with van der Waals surface area (Å²) in [6.45, 7) is 1.11. The van der Waals surface area contributed by atoms with Gasteiger partial charge in [-0.3, -0.25) is 4.79 Å². The van der Waals surface area contributed by atoms with E-state index < -0.39 is 0 Å². The molecule has 0 unspecified atom stereocenters. The molecule has 0 aliphatic carbocycles. The van der Waals surface area contributed by atoms with Crippen molar-refractivity contribution >= 4 is 35.5 Å². The largest absolute Gasteiger partial charge is 0.395 e. The molecule has 0 saturated carbocycles. The highest BCUT2D eigenvalue weighted by molar-refractivity contribution is 7.14. The van der Waals surface area contributed by atoms with Crippen LogP contribution in [0.5, 0.6) is 0 Å². The molecule has 0 aliphatic rings. The molecule has 0 saturated heterocycles. The lowest BCUT2D eigenvalue weighted by Crippen LogP contribution is -2.29. The number of aliphatic hydroxyl groups excluding tert-OH is 2. The first-order valence-corrected chi connectivity index (χ1v) is 7.88. The summed E-state index contributed by atoms with van der Waals surface area (Å²) < 4.78 is 0. The molecule has 4 nitrogen and oxygen atoms in total. The molecule has 22 heavy (non-hydrogen) atoms. The SMILES string of the molecule is O=Cc1ccc(/C=C/c2ccc(N(CCO)CCO)cc2)s1. The molecular formula is C17H19NO3S. The third-order valence-electron chi connectivity index (χ3n) is 3.20. The lowest BCUT2D eigenvalue weighted by molar-refractivity contribution is 0.112. The van der Waals surface area contributed by atoms with Crippen molar-refractivity contribution in [2.24, 2.45) is 0 Å². The van der Waals surface area contributed by atoms with Crippen molar-refractivity contribution in [2.45, 2.75) is 0 Å². The standard InChI is InChI=1S/C17H19NO3S/c19-11-9-18(10-12-20)15-4-1-14(2-5-15)3-6-16-7-8-17(13-21)22-16/h1-8,13,19-20H,9-12H2/b6-3+. The number of carbonyl (C=O) groups excluding carboxylic acids is 1. The molecule has 0 atom stereocenters. The molecule has 0 radical (unpaired) electrons. The Hall–Kier alpha value is -1.95. The van der Waals surface area contributed by atoms with Gasteiger partial charge in [0.25, 0.3) is 0 Å². The van der Waals surface area contributed by atoms with E-state index in [1.54, 1.807) is 0 Å². The van der Waals surface area contributed by atoms with Crippen LogP contribution in [0, 0.1) is 0 Å². The van der Waals surface area contributed by atoms with Gasteiger partial charge in [0.2, 0.25) is 0 Å². The Kier molecular flexibility index (Phi) is 6.33. The van der Waals surface area contributed by atoms with Crippen molar-refractivity contribution < 1.29 is 15.0 Å². The van der Waals surface area contributed by atoms with E-state index in [1.165, 1.54) is 11.3 Å². The third-order valence-corrected chi connectivity index (χ3v) is 4.18. The fraction of sp³-hybridized carbons (Fsp3) is 0.235. The predicted octanol–water partition coefficient (Wildman–Crippen LogP) is 2.52. The van der Waals surface area contributed by atoms with Gasteiger partial charge in [0.1, 0.15) is 0 Å². The van der Waals surface area contributed by atoms with Crippen LogP contribution in [-0.4, -0.2) is 42.8 Å². The van der Waals surface area contributed by atoms with Gasteiger partial charge in [-0.15, -0.1) is 11.3 Å². The molecule has 0 amide bonds. The van der Waals surface area contributed by atoms with E-state index in [0.29, 0.717) is 13.1 Å². The minimum absolute atomic E-state index is 0.0547. The number of carbonyl (C=O) groups is 1. The van der Waals surface area contributed by atoms with E-state index in [2.05, 4.69) is 0 Å². The highest BCUT2D eigenvalue weighted by Crippen LogP contribution is 2.19. The van der Waals surface area contributed by atoms with Gasteiger partial charge < -0.3 is 15.1 Å². The van der Waals surface area contributed by atoms with Crippen LogP contribution in [0.2, 0.25) is 0 Å². The third kappa shape index (κ3) is 4.53. The normalized spacial score (nSPS) is 11.0. The lowest BCUT2D eigenvalue weighted by Gasteiger charge is -2.22. The van der Waals surface area contributed by atoms with Crippen LogP contribution in [0.3, 0.4) is 0 Å². The number of hydrogen-bond acceptors (Lipinski definition) is 5. The summed E-state index contributed by atoms with van der Waals surface area (Å²) in [5.41, 5.74) is 2.03. The van der Waals surface area contributed by atoms with E-state index in [0.717, 1.165) is 27.3 Å². The van der Waals surface area contributed by atoms with E-state index in [-0.39, 0.29) is 13.2 Å². The van der Waals surface area contributed by atoms with Crippen LogP contribution in [0.25, 0.3) is 12.2 Å². The van der Waals surface area contributed by atoms with Gasteiger partial charge in [-0.1, -0.05) is 18.2 Å². The fourth-order valence-corrected chi connectivity index (χ4v) is 2.84. The van der Waals surface area contributed by atoms with Crippen molar-refractivity contribution in [1.82, 2.24) is 0 Å². The molecule has 0 spiro atoms. The number of benzene rings is 1. The first-order chi connectivity index (χ1) is 10.8. The highest BCUT2D eigenvalue weighted by atomic mass is 32.1. The quantitative estimate of drug-likeness (QED) is 0.735. The second-order valence-corrected chi connectivity index (χ2v) is 5.86. The summed E-state index contributed by atoms with van der Waals surface area (Å²) in [6, 6.07) is 11.6. The molecule has 1 aromatic carbocycles. The van der Waals surface area contributed by atoms with Gasteiger partial charge in [-0.25, -0.2) is 0 Å². The molecule has 0 bridgehead atoms. The molecule has 2 aromatic rings. The minimum atomic E-state index is 0.0547. The van der Waals surface area contributed by atoms with Gasteiger partial charge in [-0.2, -0.15) is 0 Å². The first kappa shape index (κ1) is 16.4. The number of aliphatic hydroxyl groups is 2. The van der Waals surface area contributed by atoms with Gasteiger partial charge in [0.05, 0.1) is 18.1 Å². The molecule has 0 aliphatic heterocycles. The van der Waals surface area contributed by atoms with Crippen LogP contribution in [-0.2, 0) is 0 Å². The monoisotopic (exact) mass is 317 g/mol. The number of nitrogens with zero attached hydrogens (tertiary/aromatic N) is 1. The van der Waals surface area contributed by atoms with Crippen LogP contribution in [0.1, 0.15) is 20.1 Å². The van der Waals surface area contributed by atoms with E-state index >= 15 is 0 Å². The van der Waals surface area contributed by atoms with Crippen molar-refractivity contribution in [3.05, 3.63) is 51.7 Å². The summed E-state index contributed by atoms with van der Waals surface area (Å²) in [5.74, 6) is 0. The van der Waals surface area contributed by atoms with Crippen molar-refractivity contribution in [2.75, 3.05) is 31.2 Å². The Morgan fingerprint density at radius 1 is 0.909 bits per heavy atom. The van der Waals surface area contributed by atoms with Crippen molar-refractivity contribution in [3.8, 4) is 0 Å². The summed E-state index contributed by atoms with van der Waals surface area (Å²) in [4.78, 5) is 14.3. The highest BCUT2D eigenvalue weighted by Gasteiger charge is 2.04. The smallest absolute Gasteiger partial charge is 0.160 e. The first-order valence-electron chi connectivity index (χ1n) is 7.06. The second kappa shape index (κ2) is 8.48. The maximum Gasteiger partial charge on any atom is 0.160 e. The average Bonchev–Trinajstić information content (AvgIpc) is 3.01. The van der Waals surface area contributed by atoms with Gasteiger partial charge in [0.15, 0.2) is 6.29 Å². The Labute approximate surface area is 134 Å². The Balaban J connectivity index is 2.05. The van der Waals surface area contributed by atoms with Gasteiger partial charge in [0, 0.05) is 23.7 Å². The molecule has 5 heteroatoms. The zero-order valence-electron chi connectivity index (χ0n) is 12.2. The Morgan fingerprint density at radius 3 is 2.09 bits per heavy atom. The van der Waals surface area contributed by atoms with Crippen LogP contribution >= 0.6 is 11.3 Å². The molecular weight excluding hydrogens is 298 g/mol. The number of aldehydes is 1. The number of rotatable bonds is 8. The molecule has 1 heterocycles. The fourth-order valence-electron chi connectivity index (χ4n) is 2.11. The second-order valence-electron chi connectivity index (χ2n) is 4.72. The number of anilines is 1. The zero-order chi connectivity index (χ0) is 15.8. The molecule has 0 fully saturated rings. The summed E-state index contributed by atoms with van der Waals surface area (Å²) >= 11 is 1.45. The lowest BCUT2D eigenvalue weighted by atomic mass is 10.1. The molecule has 2 N–H and O–H groups in total. The van der Waals surface area contributed by atoms with Crippen LogP contribution in [0.4, 0.5) is 5.69 Å². The average molecular weight is 317 g/mol. The molecule has 2 rings (SSSR count). The van der Waals surface area contributed by atoms with Crippen LogP contribution in [0.15, 0.2) is 36.4 Å². The van der Waals surface area contributed by atoms with Gasteiger partial charge in [-0.05, 0) is 35.9 Å². The van der Waals surface area contributed by atoms with E-state index in [4.69, 9.17) is 10.2 Å². The van der Waals surface area contributed by atoms with Crippen LogP contribution < -0.4 is 4.90 Å². The summed E-state index contributed by atoms with van der Waals surface area (Å²) in [7, 11) is 0. The molecule has 1 aromatic heterocycles. The zero-order valence-corrected chi connectivity index (χ0v) is 13.0. The minimum Gasteiger partial charge on any atom is -0.395 e. The number of hydrogen-bond donors (Lipinski definition) is 2. The summed E-state index contributed by atoms with van der Waals surface area (Å²) in [5, 5.41) is 18.1. The topological polar surface area (TPSA) is 60.8 Å². The Bertz CT molecular complexity index is 613. The Morgan fingerprint density at radius 2 is 1.55 bits per heavy atom.